The summed E-state index contributed by atoms with van der Waals surface area (Å²) in [6.45, 7) is 1.39. The predicted octanol–water partition coefficient (Wildman–Crippen LogP) is 1.66. The lowest BCUT2D eigenvalue weighted by Crippen LogP contribution is -2.26. The summed E-state index contributed by atoms with van der Waals surface area (Å²) < 4.78 is 4.91. The Morgan fingerprint density at radius 2 is 2.33 bits per heavy atom. The first-order valence-corrected chi connectivity index (χ1v) is 5.69. The standard InChI is InChI=1S/C13H14ClNO3/c1-9(18-2)13(17)15-12-6-5-11(14)8-10(12)4-3-7-16/h5-6,8-9,16H,7H2,1-2H3,(H,15,17). The highest BCUT2D eigenvalue weighted by molar-refractivity contribution is 6.30. The molecule has 0 spiro atoms. The number of benzene rings is 1. The van der Waals surface area contributed by atoms with Gasteiger partial charge in [0.2, 0.25) is 0 Å². The van der Waals surface area contributed by atoms with Gasteiger partial charge in [0.05, 0.1) is 5.69 Å². The lowest BCUT2D eigenvalue weighted by Gasteiger charge is -2.12. The summed E-state index contributed by atoms with van der Waals surface area (Å²) >= 11 is 5.85. The molecule has 1 aromatic carbocycles. The number of amides is 1. The number of rotatable bonds is 3. The van der Waals surface area contributed by atoms with E-state index in [-0.39, 0.29) is 12.5 Å². The highest BCUT2D eigenvalue weighted by Gasteiger charge is 2.13. The van der Waals surface area contributed by atoms with Crippen LogP contribution in [0, 0.1) is 11.8 Å². The van der Waals surface area contributed by atoms with E-state index in [9.17, 15) is 4.79 Å². The SMILES string of the molecule is COC(C)C(=O)Nc1ccc(Cl)cc1C#CCO. The Balaban J connectivity index is 2.97. The number of hydrogen-bond donors (Lipinski definition) is 2. The summed E-state index contributed by atoms with van der Waals surface area (Å²) in [5, 5.41) is 11.9. The van der Waals surface area contributed by atoms with Gasteiger partial charge in [0, 0.05) is 17.7 Å². The molecule has 1 atom stereocenters. The number of halogens is 1. The predicted molar refractivity (Wildman–Crippen MR) is 70.5 cm³/mol. The molecule has 0 aliphatic heterocycles. The minimum atomic E-state index is -0.556. The van der Waals surface area contributed by atoms with Crippen molar-refractivity contribution in [2.45, 2.75) is 13.0 Å². The van der Waals surface area contributed by atoms with Crippen molar-refractivity contribution in [3.05, 3.63) is 28.8 Å². The third kappa shape index (κ3) is 4.04. The molecule has 0 heterocycles. The van der Waals surface area contributed by atoms with E-state index in [0.29, 0.717) is 16.3 Å². The lowest BCUT2D eigenvalue weighted by atomic mass is 10.1. The van der Waals surface area contributed by atoms with E-state index >= 15 is 0 Å². The molecule has 2 N–H and O–H groups in total. The van der Waals surface area contributed by atoms with Gasteiger partial charge in [-0.05, 0) is 25.1 Å². The maximum absolute atomic E-state index is 11.7. The van der Waals surface area contributed by atoms with Gasteiger partial charge >= 0.3 is 0 Å². The van der Waals surface area contributed by atoms with Crippen LogP contribution in [0.3, 0.4) is 0 Å². The number of carbonyl (C=O) groups excluding carboxylic acids is 1. The average Bonchev–Trinajstić information content (AvgIpc) is 2.37. The summed E-state index contributed by atoms with van der Waals surface area (Å²) in [5.74, 6) is 4.97. The number of anilines is 1. The minimum Gasteiger partial charge on any atom is -0.384 e. The molecule has 0 bridgehead atoms. The van der Waals surface area contributed by atoms with Gasteiger partial charge in [-0.3, -0.25) is 4.79 Å². The van der Waals surface area contributed by atoms with E-state index in [1.807, 2.05) is 0 Å². The molecule has 1 unspecified atom stereocenters. The third-order valence-corrected chi connectivity index (χ3v) is 2.50. The molecular weight excluding hydrogens is 254 g/mol. The summed E-state index contributed by atoms with van der Waals surface area (Å²) in [7, 11) is 1.46. The molecular formula is C13H14ClNO3. The molecule has 1 rings (SSSR count). The summed E-state index contributed by atoms with van der Waals surface area (Å²) in [6.07, 6.45) is -0.556. The minimum absolute atomic E-state index is 0.256. The van der Waals surface area contributed by atoms with Gasteiger partial charge in [0.1, 0.15) is 12.7 Å². The molecule has 5 heteroatoms. The normalized spacial score (nSPS) is 11.3. The van der Waals surface area contributed by atoms with Crippen LogP contribution in [0.5, 0.6) is 0 Å². The van der Waals surface area contributed by atoms with Crippen molar-refractivity contribution in [1.82, 2.24) is 0 Å². The van der Waals surface area contributed by atoms with Gasteiger partial charge in [-0.15, -0.1) is 0 Å². The molecule has 18 heavy (non-hydrogen) atoms. The Morgan fingerprint density at radius 3 is 2.94 bits per heavy atom. The maximum Gasteiger partial charge on any atom is 0.253 e. The van der Waals surface area contributed by atoms with E-state index in [1.54, 1.807) is 25.1 Å². The molecule has 0 saturated carbocycles. The molecule has 4 nitrogen and oxygen atoms in total. The van der Waals surface area contributed by atoms with Crippen LogP contribution in [0.15, 0.2) is 18.2 Å². The quantitative estimate of drug-likeness (QED) is 0.819. The Bertz CT molecular complexity index is 491. The molecule has 1 amide bonds. The number of methoxy groups -OCH3 is 1. The van der Waals surface area contributed by atoms with E-state index in [1.165, 1.54) is 7.11 Å². The molecule has 0 aromatic heterocycles. The van der Waals surface area contributed by atoms with Crippen LogP contribution in [0.25, 0.3) is 0 Å². The molecule has 0 saturated heterocycles. The van der Waals surface area contributed by atoms with Crippen LogP contribution in [0.4, 0.5) is 5.69 Å². The Morgan fingerprint density at radius 1 is 1.61 bits per heavy atom. The zero-order chi connectivity index (χ0) is 13.5. The van der Waals surface area contributed by atoms with Crippen molar-refractivity contribution in [3.8, 4) is 11.8 Å². The fourth-order valence-electron chi connectivity index (χ4n) is 1.21. The van der Waals surface area contributed by atoms with Crippen LogP contribution >= 0.6 is 11.6 Å². The second kappa shape index (κ2) is 7.02. The second-order valence-corrected chi connectivity index (χ2v) is 3.95. The average molecular weight is 268 g/mol. The van der Waals surface area contributed by atoms with Crippen molar-refractivity contribution in [1.29, 1.82) is 0 Å². The van der Waals surface area contributed by atoms with Gasteiger partial charge in [0.15, 0.2) is 0 Å². The van der Waals surface area contributed by atoms with Crippen molar-refractivity contribution in [2.24, 2.45) is 0 Å². The number of aliphatic hydroxyl groups excluding tert-OH is 1. The van der Waals surface area contributed by atoms with E-state index in [0.717, 1.165) is 0 Å². The van der Waals surface area contributed by atoms with Crippen LogP contribution in [0.1, 0.15) is 12.5 Å². The number of hydrogen-bond acceptors (Lipinski definition) is 3. The Hall–Kier alpha value is -1.54. The van der Waals surface area contributed by atoms with Crippen molar-refractivity contribution in [3.63, 3.8) is 0 Å². The van der Waals surface area contributed by atoms with Gasteiger partial charge in [-0.2, -0.15) is 0 Å². The van der Waals surface area contributed by atoms with E-state index in [2.05, 4.69) is 17.2 Å². The lowest BCUT2D eigenvalue weighted by molar-refractivity contribution is -0.124. The molecule has 0 radical (unpaired) electrons. The molecule has 0 aliphatic rings. The van der Waals surface area contributed by atoms with Crippen LogP contribution < -0.4 is 5.32 Å². The monoisotopic (exact) mass is 267 g/mol. The van der Waals surface area contributed by atoms with E-state index < -0.39 is 6.10 Å². The van der Waals surface area contributed by atoms with Crippen molar-refractivity contribution < 1.29 is 14.6 Å². The van der Waals surface area contributed by atoms with Gasteiger partial charge in [-0.1, -0.05) is 23.4 Å². The number of carbonyl (C=O) groups is 1. The third-order valence-electron chi connectivity index (χ3n) is 2.26. The van der Waals surface area contributed by atoms with Crippen LogP contribution in [-0.4, -0.2) is 30.8 Å². The summed E-state index contributed by atoms with van der Waals surface area (Å²) in [4.78, 5) is 11.7. The number of nitrogens with one attached hydrogen (secondary N) is 1. The highest BCUT2D eigenvalue weighted by Crippen LogP contribution is 2.20. The second-order valence-electron chi connectivity index (χ2n) is 3.52. The fourth-order valence-corrected chi connectivity index (χ4v) is 1.38. The molecule has 0 aliphatic carbocycles. The summed E-state index contributed by atoms with van der Waals surface area (Å²) in [5.41, 5.74) is 1.09. The molecule has 1 aromatic rings. The first-order valence-electron chi connectivity index (χ1n) is 5.31. The largest absolute Gasteiger partial charge is 0.384 e. The van der Waals surface area contributed by atoms with Crippen LogP contribution in [-0.2, 0) is 9.53 Å². The first-order chi connectivity index (χ1) is 8.58. The topological polar surface area (TPSA) is 58.6 Å². The van der Waals surface area contributed by atoms with Crippen molar-refractivity contribution >= 4 is 23.2 Å². The van der Waals surface area contributed by atoms with Gasteiger partial charge in [-0.25, -0.2) is 0 Å². The summed E-state index contributed by atoms with van der Waals surface area (Å²) in [6, 6.07) is 4.93. The fraction of sp³-hybridized carbons (Fsp3) is 0.308. The number of aliphatic hydroxyl groups is 1. The first kappa shape index (κ1) is 14.5. The van der Waals surface area contributed by atoms with Gasteiger partial charge in [0.25, 0.3) is 5.91 Å². The Kier molecular flexibility index (Phi) is 5.66. The maximum atomic E-state index is 11.7. The van der Waals surface area contributed by atoms with E-state index in [4.69, 9.17) is 21.4 Å². The number of ether oxygens (including phenoxy) is 1. The highest BCUT2D eigenvalue weighted by atomic mass is 35.5. The molecule has 0 fully saturated rings. The molecule has 96 valence electrons. The van der Waals surface area contributed by atoms with Crippen LogP contribution in [0.2, 0.25) is 5.02 Å². The Labute approximate surface area is 111 Å². The van der Waals surface area contributed by atoms with Gasteiger partial charge < -0.3 is 15.2 Å². The zero-order valence-corrected chi connectivity index (χ0v) is 10.9. The smallest absolute Gasteiger partial charge is 0.253 e. The van der Waals surface area contributed by atoms with Crippen molar-refractivity contribution in [2.75, 3.05) is 19.0 Å². The zero-order valence-electron chi connectivity index (χ0n) is 10.2.